The van der Waals surface area contributed by atoms with Gasteiger partial charge in [-0.2, -0.15) is 0 Å². The molecular weight excluding hydrogens is 465 g/mol. The van der Waals surface area contributed by atoms with Gasteiger partial charge in [0.15, 0.2) is 5.12 Å². The summed E-state index contributed by atoms with van der Waals surface area (Å²) in [5, 5.41) is 1.96. The number of fused-ring (bicyclic) bond motifs is 1. The van der Waals surface area contributed by atoms with Gasteiger partial charge in [-0.25, -0.2) is 0 Å². The summed E-state index contributed by atoms with van der Waals surface area (Å²) in [6, 6.07) is 19.4. The Morgan fingerprint density at radius 2 is 1.56 bits per heavy atom. The predicted molar refractivity (Wildman–Crippen MR) is 130 cm³/mol. The molecule has 4 aromatic rings. The van der Waals surface area contributed by atoms with Crippen LogP contribution in [0.5, 0.6) is 5.75 Å². The summed E-state index contributed by atoms with van der Waals surface area (Å²) in [5.41, 5.74) is 2.76. The Balaban J connectivity index is 1.75. The highest BCUT2D eigenvalue weighted by atomic mass is 35.5. The van der Waals surface area contributed by atoms with E-state index in [1.54, 1.807) is 48.1 Å². The van der Waals surface area contributed by atoms with E-state index in [2.05, 4.69) is 0 Å². The zero-order valence-corrected chi connectivity index (χ0v) is 19.7. The molecule has 1 aromatic heterocycles. The van der Waals surface area contributed by atoms with Gasteiger partial charge in [0.2, 0.25) is 0 Å². The monoisotopic (exact) mass is 483 g/mol. The fourth-order valence-electron chi connectivity index (χ4n) is 3.61. The van der Waals surface area contributed by atoms with E-state index in [0.717, 1.165) is 38.8 Å². The number of halogens is 2. The summed E-state index contributed by atoms with van der Waals surface area (Å²) < 4.78 is 7.03. The molecule has 0 N–H and O–H groups in total. The number of benzene rings is 3. The van der Waals surface area contributed by atoms with Crippen molar-refractivity contribution in [2.75, 3.05) is 7.11 Å². The lowest BCUT2D eigenvalue weighted by atomic mass is 10.1. The summed E-state index contributed by atoms with van der Waals surface area (Å²) in [6.07, 6.45) is 0.170. The first-order valence-electron chi connectivity index (χ1n) is 9.82. The highest BCUT2D eigenvalue weighted by molar-refractivity contribution is 8.13. The molecule has 0 aliphatic heterocycles. The van der Waals surface area contributed by atoms with E-state index >= 15 is 0 Å². The van der Waals surface area contributed by atoms with Gasteiger partial charge in [-0.05, 0) is 79.2 Å². The topological polar surface area (TPSA) is 48.3 Å². The molecule has 32 heavy (non-hydrogen) atoms. The molecule has 4 rings (SSSR count). The fraction of sp³-hybridized carbons (Fsp3) is 0.120. The second kappa shape index (κ2) is 9.41. The number of hydrogen-bond acceptors (Lipinski definition) is 4. The second-order valence-corrected chi connectivity index (χ2v) is 9.20. The summed E-state index contributed by atoms with van der Waals surface area (Å²) in [7, 11) is 1.59. The molecule has 0 atom stereocenters. The Labute approximate surface area is 200 Å². The smallest absolute Gasteiger partial charge is 0.262 e. The first kappa shape index (κ1) is 22.5. The molecule has 0 radical (unpaired) electrons. The van der Waals surface area contributed by atoms with Gasteiger partial charge in [0.05, 0.1) is 12.6 Å². The molecule has 0 bridgehead atoms. The van der Waals surface area contributed by atoms with E-state index in [1.807, 2.05) is 37.3 Å². The molecule has 162 valence electrons. The van der Waals surface area contributed by atoms with Crippen LogP contribution in [0, 0.1) is 6.92 Å². The number of carbonyl (C=O) groups excluding carboxylic acids is 2. The van der Waals surface area contributed by atoms with E-state index in [-0.39, 0.29) is 17.4 Å². The molecular formula is C25H19Cl2NO3S. The molecule has 0 unspecified atom stereocenters. The van der Waals surface area contributed by atoms with E-state index in [0.29, 0.717) is 21.4 Å². The van der Waals surface area contributed by atoms with Gasteiger partial charge < -0.3 is 4.74 Å². The minimum Gasteiger partial charge on any atom is -0.497 e. The maximum Gasteiger partial charge on any atom is 0.262 e. The molecule has 7 heteroatoms. The maximum absolute atomic E-state index is 13.4. The van der Waals surface area contributed by atoms with E-state index in [9.17, 15) is 9.59 Å². The molecule has 1 heterocycles. The van der Waals surface area contributed by atoms with Gasteiger partial charge in [-0.1, -0.05) is 35.0 Å². The van der Waals surface area contributed by atoms with Gasteiger partial charge in [-0.3, -0.25) is 14.2 Å². The minimum absolute atomic E-state index is 0.0313. The first-order valence-corrected chi connectivity index (χ1v) is 11.4. The maximum atomic E-state index is 13.4. The predicted octanol–water partition coefficient (Wildman–Crippen LogP) is 6.82. The van der Waals surface area contributed by atoms with E-state index in [4.69, 9.17) is 27.9 Å². The quantitative estimate of drug-likeness (QED) is 0.292. The largest absolute Gasteiger partial charge is 0.497 e. The SMILES string of the molecule is COc1ccc2c(c1)c(CC(=O)Sc1ccc(Cl)cc1)c(C)n2C(=O)c1ccc(Cl)cc1. The van der Waals surface area contributed by atoms with Gasteiger partial charge >= 0.3 is 0 Å². The van der Waals surface area contributed by atoms with Crippen molar-refractivity contribution in [3.8, 4) is 5.75 Å². The van der Waals surface area contributed by atoms with Crippen molar-refractivity contribution in [1.82, 2.24) is 4.57 Å². The average Bonchev–Trinajstić information content (AvgIpc) is 3.06. The minimum atomic E-state index is -0.182. The van der Waals surface area contributed by atoms with Gasteiger partial charge in [0, 0.05) is 38.0 Å². The van der Waals surface area contributed by atoms with Crippen LogP contribution >= 0.6 is 35.0 Å². The number of carbonyl (C=O) groups is 2. The third-order valence-corrected chi connectivity index (χ3v) is 6.59. The van der Waals surface area contributed by atoms with Crippen molar-refractivity contribution >= 4 is 56.9 Å². The molecule has 0 fully saturated rings. The Morgan fingerprint density at radius 3 is 2.19 bits per heavy atom. The van der Waals surface area contributed by atoms with Crippen molar-refractivity contribution in [2.45, 2.75) is 18.2 Å². The fourth-order valence-corrected chi connectivity index (χ4v) is 4.61. The lowest BCUT2D eigenvalue weighted by Crippen LogP contribution is -2.14. The zero-order chi connectivity index (χ0) is 22.8. The Hall–Kier alpha value is -2.73. The normalized spacial score (nSPS) is 11.0. The Morgan fingerprint density at radius 1 is 0.938 bits per heavy atom. The number of methoxy groups -OCH3 is 1. The lowest BCUT2D eigenvalue weighted by molar-refractivity contribution is -0.110. The first-order chi connectivity index (χ1) is 15.4. The number of ether oxygens (including phenoxy) is 1. The summed E-state index contributed by atoms with van der Waals surface area (Å²) in [6.45, 7) is 1.86. The molecule has 0 aliphatic rings. The molecule has 0 spiro atoms. The highest BCUT2D eigenvalue weighted by Crippen LogP contribution is 2.32. The van der Waals surface area contributed by atoms with E-state index in [1.165, 1.54) is 0 Å². The molecule has 0 saturated carbocycles. The molecule has 0 saturated heterocycles. The molecule has 0 aliphatic carbocycles. The lowest BCUT2D eigenvalue weighted by Gasteiger charge is -2.08. The summed E-state index contributed by atoms with van der Waals surface area (Å²) in [5.74, 6) is 0.478. The molecule has 4 nitrogen and oxygen atoms in total. The van der Waals surface area contributed by atoms with E-state index < -0.39 is 0 Å². The molecule has 0 amide bonds. The summed E-state index contributed by atoms with van der Waals surface area (Å²) in [4.78, 5) is 27.1. The summed E-state index contributed by atoms with van der Waals surface area (Å²) >= 11 is 13.1. The number of aromatic nitrogens is 1. The second-order valence-electron chi connectivity index (χ2n) is 7.20. The van der Waals surface area contributed by atoms with Gasteiger partial charge in [0.1, 0.15) is 5.75 Å². The third kappa shape index (κ3) is 4.56. The number of thioether (sulfide) groups is 1. The zero-order valence-electron chi connectivity index (χ0n) is 17.4. The standard InChI is InChI=1S/C25H19Cl2NO3S/c1-15-21(14-24(29)32-20-10-7-18(27)8-11-20)22-13-19(31-2)9-12-23(22)28(15)25(30)16-3-5-17(26)6-4-16/h3-13H,14H2,1-2H3. The average molecular weight is 484 g/mol. The van der Waals surface area contributed by atoms with Crippen molar-refractivity contribution < 1.29 is 14.3 Å². The van der Waals surface area contributed by atoms with Crippen molar-refractivity contribution in [2.24, 2.45) is 0 Å². The van der Waals surface area contributed by atoms with Crippen LogP contribution in [-0.4, -0.2) is 22.7 Å². The Bertz CT molecular complexity index is 1310. The Kier molecular flexibility index (Phi) is 6.60. The number of hydrogen-bond donors (Lipinski definition) is 0. The highest BCUT2D eigenvalue weighted by Gasteiger charge is 2.22. The van der Waals surface area contributed by atoms with Crippen LogP contribution < -0.4 is 4.74 Å². The van der Waals surface area contributed by atoms with Crippen LogP contribution in [0.3, 0.4) is 0 Å². The third-order valence-electron chi connectivity index (χ3n) is 5.20. The number of rotatable bonds is 5. The van der Waals surface area contributed by atoms with Crippen LogP contribution in [-0.2, 0) is 11.2 Å². The number of nitrogens with zero attached hydrogens (tertiary/aromatic N) is 1. The molecule has 3 aromatic carbocycles. The van der Waals surface area contributed by atoms with Gasteiger partial charge in [-0.15, -0.1) is 0 Å². The van der Waals surface area contributed by atoms with Crippen LogP contribution in [0.1, 0.15) is 21.6 Å². The van der Waals surface area contributed by atoms with Crippen molar-refractivity contribution in [1.29, 1.82) is 0 Å². The van der Waals surface area contributed by atoms with Crippen LogP contribution in [0.25, 0.3) is 10.9 Å². The van der Waals surface area contributed by atoms with Crippen LogP contribution in [0.15, 0.2) is 71.6 Å². The van der Waals surface area contributed by atoms with Gasteiger partial charge in [0.25, 0.3) is 5.91 Å². The van der Waals surface area contributed by atoms with Crippen molar-refractivity contribution in [3.63, 3.8) is 0 Å². The van der Waals surface area contributed by atoms with Crippen LogP contribution in [0.4, 0.5) is 0 Å². The van der Waals surface area contributed by atoms with Crippen LogP contribution in [0.2, 0.25) is 10.0 Å². The van der Waals surface area contributed by atoms with Crippen molar-refractivity contribution in [3.05, 3.63) is 93.6 Å².